The molecule has 30 heavy (non-hydrogen) atoms. The van der Waals surface area contributed by atoms with Gasteiger partial charge in [-0.2, -0.15) is 0 Å². The Labute approximate surface area is 170 Å². The Kier molecular flexibility index (Phi) is 5.40. The largest absolute Gasteiger partial charge is 0.337 e. The fourth-order valence-electron chi connectivity index (χ4n) is 3.58. The van der Waals surface area contributed by atoms with Gasteiger partial charge < -0.3 is 9.88 Å². The normalized spacial score (nSPS) is 15.1. The minimum atomic E-state index is -2.70. The van der Waals surface area contributed by atoms with Gasteiger partial charge in [-0.1, -0.05) is 12.1 Å². The number of nitrogens with zero attached hydrogens (tertiary/aromatic N) is 4. The van der Waals surface area contributed by atoms with E-state index >= 15 is 0 Å². The molecular weight excluding hydrogens is 396 g/mol. The first-order valence-corrected chi connectivity index (χ1v) is 9.43. The summed E-state index contributed by atoms with van der Waals surface area (Å²) in [6.45, 7) is 2.86. The lowest BCUT2D eigenvalue weighted by Gasteiger charge is -2.34. The second-order valence-corrected chi connectivity index (χ2v) is 7.15. The van der Waals surface area contributed by atoms with E-state index in [2.05, 4.69) is 14.9 Å². The van der Waals surface area contributed by atoms with Crippen molar-refractivity contribution in [2.75, 3.05) is 26.2 Å². The summed E-state index contributed by atoms with van der Waals surface area (Å²) in [5.41, 5.74) is 2.12. The number of piperazine rings is 1. The predicted molar refractivity (Wildman–Crippen MR) is 105 cm³/mol. The predicted octanol–water partition coefficient (Wildman–Crippen LogP) is 3.37. The molecule has 0 radical (unpaired) electrons. The molecule has 1 N–H and O–H groups in total. The molecule has 0 aliphatic carbocycles. The van der Waals surface area contributed by atoms with Gasteiger partial charge in [0, 0.05) is 50.4 Å². The first-order chi connectivity index (χ1) is 14.4. The Morgan fingerprint density at radius 1 is 1.17 bits per heavy atom. The number of benzene rings is 2. The van der Waals surface area contributed by atoms with Crippen molar-refractivity contribution in [1.82, 2.24) is 19.8 Å². The molecular formula is C20H19F2N5O3. The summed E-state index contributed by atoms with van der Waals surface area (Å²) in [5.74, 6) is -0.579. The zero-order valence-corrected chi connectivity index (χ0v) is 15.9. The Morgan fingerprint density at radius 3 is 2.63 bits per heavy atom. The molecule has 1 fully saturated rings. The van der Waals surface area contributed by atoms with Crippen LogP contribution in [0.4, 0.5) is 14.5 Å². The van der Waals surface area contributed by atoms with Gasteiger partial charge in [-0.05, 0) is 23.8 Å². The summed E-state index contributed by atoms with van der Waals surface area (Å²) in [6.07, 6.45) is -2.70. The van der Waals surface area contributed by atoms with Crippen LogP contribution in [0.3, 0.4) is 0 Å². The van der Waals surface area contributed by atoms with Crippen LogP contribution in [0.2, 0.25) is 0 Å². The number of rotatable bonds is 5. The molecule has 10 heteroatoms. The summed E-state index contributed by atoms with van der Waals surface area (Å²) < 4.78 is 25.6. The SMILES string of the molecule is O=C(c1ccc2nc(C(F)F)[nH]c2c1)N1CCN(Cc2cccc([N+](=O)[O-])c2)CC1. The topological polar surface area (TPSA) is 95.4 Å². The molecule has 0 spiro atoms. The summed E-state index contributed by atoms with van der Waals surface area (Å²) in [6, 6.07) is 11.2. The molecule has 0 saturated carbocycles. The van der Waals surface area contributed by atoms with E-state index in [-0.39, 0.29) is 11.6 Å². The number of aromatic amines is 1. The van der Waals surface area contributed by atoms with Gasteiger partial charge in [-0.15, -0.1) is 0 Å². The third kappa shape index (κ3) is 4.13. The third-order valence-corrected chi connectivity index (χ3v) is 5.14. The highest BCUT2D eigenvalue weighted by atomic mass is 19.3. The summed E-state index contributed by atoms with van der Waals surface area (Å²) >= 11 is 0. The van der Waals surface area contributed by atoms with Crippen molar-refractivity contribution < 1.29 is 18.5 Å². The molecule has 0 unspecified atom stereocenters. The first kappa shape index (κ1) is 19.9. The lowest BCUT2D eigenvalue weighted by atomic mass is 10.1. The number of fused-ring (bicyclic) bond motifs is 1. The zero-order valence-electron chi connectivity index (χ0n) is 15.9. The molecule has 1 aliphatic rings. The molecule has 1 aromatic heterocycles. The second-order valence-electron chi connectivity index (χ2n) is 7.15. The first-order valence-electron chi connectivity index (χ1n) is 9.43. The monoisotopic (exact) mass is 415 g/mol. The smallest absolute Gasteiger partial charge is 0.295 e. The zero-order chi connectivity index (χ0) is 21.3. The summed E-state index contributed by atoms with van der Waals surface area (Å²) in [7, 11) is 0. The molecule has 8 nitrogen and oxygen atoms in total. The highest BCUT2D eigenvalue weighted by Crippen LogP contribution is 2.22. The number of imidazole rings is 1. The van der Waals surface area contributed by atoms with Gasteiger partial charge in [0.05, 0.1) is 16.0 Å². The number of non-ortho nitro benzene ring substituents is 1. The van der Waals surface area contributed by atoms with E-state index < -0.39 is 17.2 Å². The number of carbonyl (C=O) groups excluding carboxylic acids is 1. The lowest BCUT2D eigenvalue weighted by molar-refractivity contribution is -0.384. The van der Waals surface area contributed by atoms with Crippen LogP contribution in [-0.2, 0) is 6.54 Å². The number of nitrogens with one attached hydrogen (secondary N) is 1. The van der Waals surface area contributed by atoms with Gasteiger partial charge in [-0.25, -0.2) is 13.8 Å². The van der Waals surface area contributed by atoms with Crippen molar-refractivity contribution in [2.24, 2.45) is 0 Å². The maximum atomic E-state index is 12.8. The fraction of sp³-hybridized carbons (Fsp3) is 0.300. The van der Waals surface area contributed by atoms with E-state index in [1.165, 1.54) is 6.07 Å². The maximum absolute atomic E-state index is 12.8. The minimum absolute atomic E-state index is 0.0607. The van der Waals surface area contributed by atoms with Gasteiger partial charge in [0.1, 0.15) is 0 Å². The molecule has 2 aromatic carbocycles. The quantitative estimate of drug-likeness (QED) is 0.509. The van der Waals surface area contributed by atoms with E-state index in [4.69, 9.17) is 0 Å². The van der Waals surface area contributed by atoms with E-state index in [1.807, 2.05) is 6.07 Å². The highest BCUT2D eigenvalue weighted by Gasteiger charge is 2.23. The van der Waals surface area contributed by atoms with Gasteiger partial charge in [0.15, 0.2) is 5.82 Å². The number of aromatic nitrogens is 2. The van der Waals surface area contributed by atoms with Crippen LogP contribution >= 0.6 is 0 Å². The Hall–Kier alpha value is -3.40. The summed E-state index contributed by atoms with van der Waals surface area (Å²) in [4.78, 5) is 33.5. The van der Waals surface area contributed by atoms with Crippen LogP contribution in [-0.4, -0.2) is 56.8 Å². The highest BCUT2D eigenvalue weighted by molar-refractivity contribution is 5.97. The Balaban J connectivity index is 1.39. The van der Waals surface area contributed by atoms with Crippen LogP contribution in [0.15, 0.2) is 42.5 Å². The second kappa shape index (κ2) is 8.15. The number of nitro benzene ring substituents is 1. The van der Waals surface area contributed by atoms with Gasteiger partial charge in [0.25, 0.3) is 18.0 Å². The average Bonchev–Trinajstić information content (AvgIpc) is 3.18. The Bertz CT molecular complexity index is 1090. The number of H-pyrrole nitrogens is 1. The third-order valence-electron chi connectivity index (χ3n) is 5.14. The number of nitro groups is 1. The molecule has 2 heterocycles. The van der Waals surface area contributed by atoms with Crippen LogP contribution in [0.5, 0.6) is 0 Å². The summed E-state index contributed by atoms with van der Waals surface area (Å²) in [5, 5.41) is 10.9. The Morgan fingerprint density at radius 2 is 1.93 bits per heavy atom. The molecule has 0 atom stereocenters. The van der Waals surface area contributed by atoms with E-state index in [1.54, 1.807) is 35.2 Å². The molecule has 1 amide bonds. The van der Waals surface area contributed by atoms with Crippen molar-refractivity contribution in [1.29, 1.82) is 0 Å². The number of alkyl halides is 2. The van der Waals surface area contributed by atoms with Crippen molar-refractivity contribution in [3.05, 3.63) is 69.5 Å². The number of halogens is 2. The van der Waals surface area contributed by atoms with Gasteiger partial charge in [0.2, 0.25) is 0 Å². The maximum Gasteiger partial charge on any atom is 0.295 e. The average molecular weight is 415 g/mol. The van der Waals surface area contributed by atoms with Crippen LogP contribution in [0.1, 0.15) is 28.2 Å². The fourth-order valence-corrected chi connectivity index (χ4v) is 3.58. The van der Waals surface area contributed by atoms with Crippen LogP contribution in [0.25, 0.3) is 11.0 Å². The van der Waals surface area contributed by atoms with E-state index in [0.717, 1.165) is 5.56 Å². The van der Waals surface area contributed by atoms with Crippen molar-refractivity contribution >= 4 is 22.6 Å². The molecule has 3 aromatic rings. The van der Waals surface area contributed by atoms with Crippen LogP contribution in [0, 0.1) is 10.1 Å². The molecule has 1 aliphatic heterocycles. The molecule has 0 bridgehead atoms. The minimum Gasteiger partial charge on any atom is -0.337 e. The number of carbonyl (C=O) groups is 1. The number of hydrogen-bond acceptors (Lipinski definition) is 5. The van der Waals surface area contributed by atoms with E-state index in [9.17, 15) is 23.7 Å². The molecule has 4 rings (SSSR count). The van der Waals surface area contributed by atoms with Crippen LogP contribution < -0.4 is 0 Å². The van der Waals surface area contributed by atoms with Gasteiger partial charge in [-0.3, -0.25) is 19.8 Å². The van der Waals surface area contributed by atoms with Crippen molar-refractivity contribution in [3.8, 4) is 0 Å². The number of amides is 1. The molecule has 1 saturated heterocycles. The van der Waals surface area contributed by atoms with Crippen molar-refractivity contribution in [3.63, 3.8) is 0 Å². The van der Waals surface area contributed by atoms with Gasteiger partial charge >= 0.3 is 0 Å². The lowest BCUT2D eigenvalue weighted by Crippen LogP contribution is -2.48. The standard InChI is InChI=1S/C20H19F2N5O3/c21-18(22)19-23-16-5-4-14(11-17(16)24-19)20(28)26-8-6-25(7-9-26)12-13-2-1-3-15(10-13)27(29)30/h1-5,10-11,18H,6-9,12H2,(H,23,24). The van der Waals surface area contributed by atoms with Crippen molar-refractivity contribution in [2.45, 2.75) is 13.0 Å². The number of hydrogen-bond donors (Lipinski definition) is 1. The van der Waals surface area contributed by atoms with E-state index in [0.29, 0.717) is 49.3 Å². The molecule has 156 valence electrons.